The van der Waals surface area contributed by atoms with E-state index in [1.54, 1.807) is 6.07 Å². The summed E-state index contributed by atoms with van der Waals surface area (Å²) in [7, 11) is 5.57. The molecule has 1 unspecified atom stereocenters. The molecule has 0 aliphatic heterocycles. The molecule has 0 saturated carbocycles. The van der Waals surface area contributed by atoms with Gasteiger partial charge in [-0.3, -0.25) is 0 Å². The van der Waals surface area contributed by atoms with Crippen molar-refractivity contribution in [2.45, 2.75) is 26.4 Å². The monoisotopic (exact) mass is 267 g/mol. The zero-order valence-electron chi connectivity index (χ0n) is 12.5. The number of aromatic nitrogens is 1. The van der Waals surface area contributed by atoms with E-state index >= 15 is 0 Å². The van der Waals surface area contributed by atoms with Gasteiger partial charge in [-0.25, -0.2) is 4.79 Å². The second kappa shape index (κ2) is 7.31. The lowest BCUT2D eigenvalue weighted by Gasteiger charge is -2.28. The molecule has 0 aromatic carbocycles. The Hall–Kier alpha value is -1.33. The molecule has 0 bridgehead atoms. The van der Waals surface area contributed by atoms with Gasteiger partial charge < -0.3 is 19.9 Å². The van der Waals surface area contributed by atoms with E-state index in [0.29, 0.717) is 24.2 Å². The van der Waals surface area contributed by atoms with E-state index < -0.39 is 0 Å². The first-order valence-electron chi connectivity index (χ1n) is 6.59. The molecule has 0 fully saturated rings. The maximum Gasteiger partial charge on any atom is 0.354 e. The van der Waals surface area contributed by atoms with E-state index in [9.17, 15) is 4.79 Å². The fourth-order valence-electron chi connectivity index (χ4n) is 2.14. The topological polar surface area (TPSA) is 57.4 Å². The van der Waals surface area contributed by atoms with Crippen LogP contribution in [0.1, 0.15) is 30.0 Å². The third-order valence-electron chi connectivity index (χ3n) is 3.25. The zero-order valence-corrected chi connectivity index (χ0v) is 12.5. The van der Waals surface area contributed by atoms with Crippen LogP contribution in [-0.4, -0.2) is 49.6 Å². The van der Waals surface area contributed by atoms with Crippen molar-refractivity contribution in [3.05, 3.63) is 23.5 Å². The summed E-state index contributed by atoms with van der Waals surface area (Å²) >= 11 is 0. The quantitative estimate of drug-likeness (QED) is 0.735. The number of nitrogens with one attached hydrogen (secondary N) is 2. The van der Waals surface area contributed by atoms with Crippen LogP contribution in [0.25, 0.3) is 0 Å². The zero-order chi connectivity index (χ0) is 14.4. The molecule has 5 nitrogen and oxygen atoms in total. The molecule has 1 rings (SSSR count). The molecular weight excluding hydrogens is 242 g/mol. The van der Waals surface area contributed by atoms with Gasteiger partial charge in [0.05, 0.1) is 7.11 Å². The molecular formula is C14H25N3O2. The number of nitrogens with zero attached hydrogens (tertiary/aromatic N) is 1. The van der Waals surface area contributed by atoms with Crippen LogP contribution in [0.5, 0.6) is 0 Å². The van der Waals surface area contributed by atoms with Crippen molar-refractivity contribution in [2.75, 3.05) is 27.7 Å². The number of aromatic amines is 1. The molecule has 0 aliphatic rings. The minimum Gasteiger partial charge on any atom is -0.464 e. The van der Waals surface area contributed by atoms with Crippen LogP contribution in [0.2, 0.25) is 0 Å². The number of esters is 1. The Morgan fingerprint density at radius 3 is 2.63 bits per heavy atom. The Bertz CT molecular complexity index is 391. The highest BCUT2D eigenvalue weighted by atomic mass is 16.5. The molecule has 0 aliphatic carbocycles. The molecule has 1 atom stereocenters. The van der Waals surface area contributed by atoms with Gasteiger partial charge in [-0.15, -0.1) is 0 Å². The molecule has 108 valence electrons. The standard InChI is InChI=1S/C14H25N3O2/c1-10(2)13(17(3)4)9-15-8-11-6-7-12(16-11)14(18)19-5/h6-7,10,13,15-16H,8-9H2,1-5H3. The lowest BCUT2D eigenvalue weighted by Crippen LogP contribution is -2.41. The summed E-state index contributed by atoms with van der Waals surface area (Å²) in [5.74, 6) is 0.261. The summed E-state index contributed by atoms with van der Waals surface area (Å²) in [5.41, 5.74) is 1.48. The summed E-state index contributed by atoms with van der Waals surface area (Å²) < 4.78 is 4.66. The fraction of sp³-hybridized carbons (Fsp3) is 0.643. The van der Waals surface area contributed by atoms with Gasteiger partial charge in [0.2, 0.25) is 0 Å². The minimum atomic E-state index is -0.334. The van der Waals surface area contributed by atoms with Crippen molar-refractivity contribution < 1.29 is 9.53 Å². The predicted molar refractivity (Wildman–Crippen MR) is 76.2 cm³/mol. The average Bonchev–Trinajstić information content (AvgIpc) is 2.81. The minimum absolute atomic E-state index is 0.334. The SMILES string of the molecule is COC(=O)c1ccc(CNCC(C(C)C)N(C)C)[nH]1. The summed E-state index contributed by atoms with van der Waals surface area (Å²) in [5, 5.41) is 3.41. The molecule has 0 amide bonds. The molecule has 1 aromatic rings. The number of carbonyl (C=O) groups excluding carboxylic acids is 1. The highest BCUT2D eigenvalue weighted by Crippen LogP contribution is 2.07. The second-order valence-corrected chi connectivity index (χ2v) is 5.29. The lowest BCUT2D eigenvalue weighted by molar-refractivity contribution is 0.0594. The first kappa shape index (κ1) is 15.7. The van der Waals surface area contributed by atoms with Gasteiger partial charge in [0, 0.05) is 24.8 Å². The number of H-pyrrole nitrogens is 1. The van der Waals surface area contributed by atoms with Crippen LogP contribution < -0.4 is 5.32 Å². The Morgan fingerprint density at radius 1 is 1.42 bits per heavy atom. The smallest absolute Gasteiger partial charge is 0.354 e. The van der Waals surface area contributed by atoms with Crippen molar-refractivity contribution in [3.63, 3.8) is 0 Å². The van der Waals surface area contributed by atoms with E-state index in [1.807, 2.05) is 6.07 Å². The molecule has 0 saturated heterocycles. The Labute approximate surface area is 115 Å². The van der Waals surface area contributed by atoms with E-state index in [-0.39, 0.29) is 5.97 Å². The number of hydrogen-bond acceptors (Lipinski definition) is 4. The predicted octanol–water partition coefficient (Wildman–Crippen LogP) is 1.48. The Balaban J connectivity index is 2.44. The number of rotatable bonds is 7. The first-order valence-corrected chi connectivity index (χ1v) is 6.59. The number of likely N-dealkylation sites (N-methyl/N-ethyl adjacent to an activating group) is 1. The van der Waals surface area contributed by atoms with Crippen LogP contribution >= 0.6 is 0 Å². The molecule has 1 aromatic heterocycles. The van der Waals surface area contributed by atoms with E-state index in [1.165, 1.54) is 7.11 Å². The van der Waals surface area contributed by atoms with Gasteiger partial charge in [0.1, 0.15) is 5.69 Å². The summed E-state index contributed by atoms with van der Waals surface area (Å²) in [6.07, 6.45) is 0. The van der Waals surface area contributed by atoms with Crippen LogP contribution in [-0.2, 0) is 11.3 Å². The van der Waals surface area contributed by atoms with Gasteiger partial charge >= 0.3 is 5.97 Å². The largest absolute Gasteiger partial charge is 0.464 e. The molecule has 19 heavy (non-hydrogen) atoms. The maximum atomic E-state index is 11.3. The van der Waals surface area contributed by atoms with Gasteiger partial charge in [0.15, 0.2) is 0 Å². The summed E-state index contributed by atoms with van der Waals surface area (Å²) in [6.45, 7) is 6.07. The fourth-order valence-corrected chi connectivity index (χ4v) is 2.14. The number of hydrogen-bond donors (Lipinski definition) is 2. The molecule has 5 heteroatoms. The van der Waals surface area contributed by atoms with E-state index in [2.05, 4.69) is 47.9 Å². The number of methoxy groups -OCH3 is 1. The summed E-state index contributed by atoms with van der Waals surface area (Å²) in [6, 6.07) is 4.14. The maximum absolute atomic E-state index is 11.3. The molecule has 2 N–H and O–H groups in total. The van der Waals surface area contributed by atoms with Gasteiger partial charge in [-0.1, -0.05) is 13.8 Å². The van der Waals surface area contributed by atoms with E-state index in [0.717, 1.165) is 12.2 Å². The molecule has 0 radical (unpaired) electrons. The third-order valence-corrected chi connectivity index (χ3v) is 3.25. The van der Waals surface area contributed by atoms with E-state index in [4.69, 9.17) is 0 Å². The van der Waals surface area contributed by atoms with Crippen LogP contribution in [0, 0.1) is 5.92 Å². The van der Waals surface area contributed by atoms with Crippen molar-refractivity contribution in [3.8, 4) is 0 Å². The molecule has 0 spiro atoms. The van der Waals surface area contributed by atoms with Gasteiger partial charge in [-0.05, 0) is 32.1 Å². The van der Waals surface area contributed by atoms with Gasteiger partial charge in [0.25, 0.3) is 0 Å². The van der Waals surface area contributed by atoms with Crippen molar-refractivity contribution in [1.82, 2.24) is 15.2 Å². The van der Waals surface area contributed by atoms with Crippen LogP contribution in [0.4, 0.5) is 0 Å². The third kappa shape index (κ3) is 4.69. The van der Waals surface area contributed by atoms with Crippen LogP contribution in [0.3, 0.4) is 0 Å². The highest BCUT2D eigenvalue weighted by Gasteiger charge is 2.15. The van der Waals surface area contributed by atoms with Crippen LogP contribution in [0.15, 0.2) is 12.1 Å². The Kier molecular flexibility index (Phi) is 6.05. The Morgan fingerprint density at radius 2 is 2.11 bits per heavy atom. The second-order valence-electron chi connectivity index (χ2n) is 5.29. The summed E-state index contributed by atoms with van der Waals surface area (Å²) in [4.78, 5) is 16.6. The highest BCUT2D eigenvalue weighted by molar-refractivity contribution is 5.87. The normalized spacial score (nSPS) is 13.0. The van der Waals surface area contributed by atoms with Gasteiger partial charge in [-0.2, -0.15) is 0 Å². The lowest BCUT2D eigenvalue weighted by atomic mass is 10.0. The molecule has 1 heterocycles. The average molecular weight is 267 g/mol. The van der Waals surface area contributed by atoms with Crippen molar-refractivity contribution in [1.29, 1.82) is 0 Å². The first-order chi connectivity index (χ1) is 8.95. The van der Waals surface area contributed by atoms with Crippen molar-refractivity contribution in [2.24, 2.45) is 5.92 Å². The number of ether oxygens (including phenoxy) is 1. The van der Waals surface area contributed by atoms with Crippen molar-refractivity contribution >= 4 is 5.97 Å². The number of carbonyl (C=O) groups is 1.